The second-order valence-corrected chi connectivity index (χ2v) is 5.69. The van der Waals surface area contributed by atoms with Gasteiger partial charge in [0.15, 0.2) is 0 Å². The third kappa shape index (κ3) is 3.75. The fraction of sp³-hybridized carbons (Fsp3) is 0.211. The van der Waals surface area contributed by atoms with Gasteiger partial charge in [0.2, 0.25) is 0 Å². The number of azo groups is 1. The van der Waals surface area contributed by atoms with E-state index in [-0.39, 0.29) is 6.61 Å². The average Bonchev–Trinajstić information content (AvgIpc) is 2.60. The van der Waals surface area contributed by atoms with E-state index in [1.807, 2.05) is 67.4 Å². The fourth-order valence-corrected chi connectivity index (χ4v) is 2.44. The molecule has 0 spiro atoms. The minimum absolute atomic E-state index is 0.132. The lowest BCUT2D eigenvalue weighted by molar-refractivity contribution is 0.304. The summed E-state index contributed by atoms with van der Waals surface area (Å²) in [5.41, 5.74) is 4.51. The van der Waals surface area contributed by atoms with Crippen molar-refractivity contribution in [3.63, 3.8) is 0 Å². The van der Waals surface area contributed by atoms with Crippen LogP contribution >= 0.6 is 0 Å². The Bertz CT molecular complexity index is 859. The van der Waals surface area contributed by atoms with Gasteiger partial charge in [0, 0.05) is 30.4 Å². The summed E-state index contributed by atoms with van der Waals surface area (Å²) < 4.78 is 0. The Morgan fingerprint density at radius 1 is 0.958 bits per heavy atom. The number of anilines is 1. The molecule has 0 bridgehead atoms. The van der Waals surface area contributed by atoms with Gasteiger partial charge in [-0.25, -0.2) is 0 Å². The maximum absolute atomic E-state index is 8.97. The highest BCUT2D eigenvalue weighted by Gasteiger charge is 2.00. The minimum atomic E-state index is 0.132. The largest absolute Gasteiger partial charge is 0.395 e. The number of fused-ring (bicyclic) bond motifs is 1. The molecule has 3 aromatic rings. The SMILES string of the molecule is Cc1ccc2ccc(N=Nc3ccc(N(C)CCO)cc3)cc2n1. The van der Waals surface area contributed by atoms with Gasteiger partial charge in [0.1, 0.15) is 0 Å². The summed E-state index contributed by atoms with van der Waals surface area (Å²) in [5, 5.41) is 18.6. The summed E-state index contributed by atoms with van der Waals surface area (Å²) in [5.74, 6) is 0. The van der Waals surface area contributed by atoms with E-state index in [9.17, 15) is 0 Å². The Morgan fingerprint density at radius 3 is 2.38 bits per heavy atom. The first kappa shape index (κ1) is 16.1. The zero-order chi connectivity index (χ0) is 16.9. The Balaban J connectivity index is 1.77. The van der Waals surface area contributed by atoms with Crippen LogP contribution in [0.1, 0.15) is 5.69 Å². The van der Waals surface area contributed by atoms with E-state index in [1.165, 1.54) is 0 Å². The van der Waals surface area contributed by atoms with Crippen LogP contribution in [-0.4, -0.2) is 30.3 Å². The highest BCUT2D eigenvalue weighted by Crippen LogP contribution is 2.24. The molecule has 0 saturated carbocycles. The number of benzene rings is 2. The first-order valence-corrected chi connectivity index (χ1v) is 7.87. The molecular weight excluding hydrogens is 300 g/mol. The molecule has 2 aromatic carbocycles. The number of aryl methyl sites for hydroxylation is 1. The Kier molecular flexibility index (Phi) is 4.82. The van der Waals surface area contributed by atoms with Gasteiger partial charge in [-0.15, -0.1) is 0 Å². The molecular formula is C19H20N4O. The monoisotopic (exact) mass is 320 g/mol. The van der Waals surface area contributed by atoms with Gasteiger partial charge >= 0.3 is 0 Å². The first-order chi connectivity index (χ1) is 11.7. The summed E-state index contributed by atoms with van der Waals surface area (Å²) in [6, 6.07) is 17.7. The van der Waals surface area contributed by atoms with E-state index in [0.717, 1.165) is 33.7 Å². The molecule has 24 heavy (non-hydrogen) atoms. The maximum Gasteiger partial charge on any atom is 0.0879 e. The molecule has 0 aliphatic rings. The third-order valence-corrected chi connectivity index (χ3v) is 3.82. The number of rotatable bonds is 5. The van der Waals surface area contributed by atoms with Gasteiger partial charge in [0.25, 0.3) is 0 Å². The molecule has 0 fully saturated rings. The van der Waals surface area contributed by atoms with Crippen LogP contribution < -0.4 is 4.90 Å². The lowest BCUT2D eigenvalue weighted by Gasteiger charge is -2.17. The Labute approximate surface area is 141 Å². The summed E-state index contributed by atoms with van der Waals surface area (Å²) in [7, 11) is 1.94. The zero-order valence-corrected chi connectivity index (χ0v) is 13.8. The standard InChI is InChI=1S/C19H20N4O/c1-14-3-4-15-5-6-17(13-19(15)20-14)22-21-16-7-9-18(10-8-16)23(2)11-12-24/h3-10,13,24H,11-12H2,1-2H3. The van der Waals surface area contributed by atoms with Gasteiger partial charge in [-0.2, -0.15) is 10.2 Å². The van der Waals surface area contributed by atoms with E-state index >= 15 is 0 Å². The Hall–Kier alpha value is -2.79. The molecule has 1 aromatic heterocycles. The van der Waals surface area contributed by atoms with Crippen molar-refractivity contribution < 1.29 is 5.11 Å². The molecule has 3 rings (SSSR count). The van der Waals surface area contributed by atoms with E-state index in [4.69, 9.17) is 5.11 Å². The molecule has 0 unspecified atom stereocenters. The highest BCUT2D eigenvalue weighted by molar-refractivity contribution is 5.81. The van der Waals surface area contributed by atoms with Crippen molar-refractivity contribution in [1.29, 1.82) is 0 Å². The summed E-state index contributed by atoms with van der Waals surface area (Å²) in [6.07, 6.45) is 0. The van der Waals surface area contributed by atoms with Gasteiger partial charge in [-0.05, 0) is 49.4 Å². The van der Waals surface area contributed by atoms with Crippen LogP contribution in [0.25, 0.3) is 10.9 Å². The number of pyridine rings is 1. The van der Waals surface area contributed by atoms with Crippen molar-refractivity contribution in [3.05, 3.63) is 60.3 Å². The normalized spacial score (nSPS) is 11.3. The summed E-state index contributed by atoms with van der Waals surface area (Å²) >= 11 is 0. The number of nitrogens with zero attached hydrogens (tertiary/aromatic N) is 4. The topological polar surface area (TPSA) is 61.1 Å². The molecule has 0 aliphatic carbocycles. The van der Waals surface area contributed by atoms with E-state index in [2.05, 4.69) is 21.3 Å². The molecule has 5 heteroatoms. The van der Waals surface area contributed by atoms with Gasteiger partial charge in [-0.1, -0.05) is 12.1 Å². The lowest BCUT2D eigenvalue weighted by Crippen LogP contribution is -2.20. The van der Waals surface area contributed by atoms with Crippen LogP contribution in [-0.2, 0) is 0 Å². The van der Waals surface area contributed by atoms with Gasteiger partial charge < -0.3 is 10.0 Å². The molecule has 5 nitrogen and oxygen atoms in total. The van der Waals surface area contributed by atoms with E-state index in [1.54, 1.807) is 0 Å². The predicted molar refractivity (Wildman–Crippen MR) is 97.5 cm³/mol. The summed E-state index contributed by atoms with van der Waals surface area (Å²) in [6.45, 7) is 2.71. The van der Waals surface area contributed by atoms with Crippen molar-refractivity contribution in [1.82, 2.24) is 4.98 Å². The van der Waals surface area contributed by atoms with Crippen molar-refractivity contribution >= 4 is 28.0 Å². The molecule has 1 N–H and O–H groups in total. The van der Waals surface area contributed by atoms with Crippen molar-refractivity contribution in [2.75, 3.05) is 25.1 Å². The van der Waals surface area contributed by atoms with Crippen LogP contribution in [0.4, 0.5) is 17.1 Å². The van der Waals surface area contributed by atoms with Gasteiger partial charge in [0.05, 0.1) is 23.5 Å². The highest BCUT2D eigenvalue weighted by atomic mass is 16.3. The molecule has 0 saturated heterocycles. The lowest BCUT2D eigenvalue weighted by atomic mass is 10.2. The molecule has 122 valence electrons. The van der Waals surface area contributed by atoms with Crippen molar-refractivity contribution in [3.8, 4) is 0 Å². The number of aromatic nitrogens is 1. The number of likely N-dealkylation sites (N-methyl/N-ethyl adjacent to an activating group) is 1. The van der Waals surface area contributed by atoms with Crippen LogP contribution in [0, 0.1) is 6.92 Å². The van der Waals surface area contributed by atoms with E-state index < -0.39 is 0 Å². The van der Waals surface area contributed by atoms with Crippen molar-refractivity contribution in [2.24, 2.45) is 10.2 Å². The number of hydrogen-bond donors (Lipinski definition) is 1. The zero-order valence-electron chi connectivity index (χ0n) is 13.8. The fourth-order valence-electron chi connectivity index (χ4n) is 2.44. The smallest absolute Gasteiger partial charge is 0.0879 e. The first-order valence-electron chi connectivity index (χ1n) is 7.87. The maximum atomic E-state index is 8.97. The molecule has 0 aliphatic heterocycles. The van der Waals surface area contributed by atoms with Crippen molar-refractivity contribution in [2.45, 2.75) is 6.92 Å². The number of hydrogen-bond acceptors (Lipinski definition) is 5. The molecule has 0 amide bonds. The van der Waals surface area contributed by atoms with E-state index in [0.29, 0.717) is 6.54 Å². The average molecular weight is 320 g/mol. The number of aliphatic hydroxyl groups is 1. The Morgan fingerprint density at radius 2 is 1.62 bits per heavy atom. The number of aliphatic hydroxyl groups excluding tert-OH is 1. The van der Waals surface area contributed by atoms with Gasteiger partial charge in [-0.3, -0.25) is 4.98 Å². The second-order valence-electron chi connectivity index (χ2n) is 5.69. The predicted octanol–water partition coefficient (Wildman–Crippen LogP) is 4.39. The summed E-state index contributed by atoms with van der Waals surface area (Å²) in [4.78, 5) is 6.50. The second kappa shape index (κ2) is 7.19. The van der Waals surface area contributed by atoms with Crippen LogP contribution in [0.2, 0.25) is 0 Å². The van der Waals surface area contributed by atoms with Crippen LogP contribution in [0.15, 0.2) is 64.8 Å². The quantitative estimate of drug-likeness (QED) is 0.709. The van der Waals surface area contributed by atoms with Crippen LogP contribution in [0.5, 0.6) is 0 Å². The third-order valence-electron chi connectivity index (χ3n) is 3.82. The minimum Gasteiger partial charge on any atom is -0.395 e. The molecule has 1 heterocycles. The molecule has 0 atom stereocenters. The molecule has 0 radical (unpaired) electrons. The van der Waals surface area contributed by atoms with Crippen LogP contribution in [0.3, 0.4) is 0 Å².